The van der Waals surface area contributed by atoms with E-state index in [1.54, 1.807) is 0 Å². The monoisotopic (exact) mass is 316 g/mol. The van der Waals surface area contributed by atoms with Gasteiger partial charge in [0, 0.05) is 17.5 Å². The molecule has 0 spiro atoms. The van der Waals surface area contributed by atoms with Crippen LogP contribution in [0.2, 0.25) is 0 Å². The Hall–Kier alpha value is -1.50. The van der Waals surface area contributed by atoms with Crippen LogP contribution in [-0.2, 0) is 10.7 Å². The van der Waals surface area contributed by atoms with Crippen molar-refractivity contribution in [1.82, 2.24) is 0 Å². The van der Waals surface area contributed by atoms with Gasteiger partial charge in [-0.1, -0.05) is 36.7 Å². The van der Waals surface area contributed by atoms with E-state index in [1.807, 2.05) is 20.8 Å². The maximum absolute atomic E-state index is 11.0. The third kappa shape index (κ3) is 2.84. The van der Waals surface area contributed by atoms with E-state index in [9.17, 15) is 20.2 Å². The number of alkyl halides is 1. The van der Waals surface area contributed by atoms with E-state index >= 15 is 0 Å². The lowest BCUT2D eigenvalue weighted by molar-refractivity contribution is -0.395. The molecule has 0 aliphatic heterocycles. The first kappa shape index (κ1) is 14.6. The van der Waals surface area contributed by atoms with Crippen molar-refractivity contribution in [1.29, 1.82) is 0 Å². The van der Waals surface area contributed by atoms with E-state index in [4.69, 9.17) is 0 Å². The van der Waals surface area contributed by atoms with Gasteiger partial charge in [0.1, 0.15) is 5.56 Å². The standard InChI is InChI=1S/C11H13BrN2O4/c1-11(2,3)7-4-9(13(15)16)8(6-12)10(5-7)14(17)18/h4-5H,6H2,1-3H3. The van der Waals surface area contributed by atoms with Crippen molar-refractivity contribution in [2.24, 2.45) is 0 Å². The number of nitro benzene ring substituents is 2. The normalized spacial score (nSPS) is 11.3. The first-order valence-electron chi connectivity index (χ1n) is 5.20. The van der Waals surface area contributed by atoms with Gasteiger partial charge < -0.3 is 0 Å². The summed E-state index contributed by atoms with van der Waals surface area (Å²) in [5.74, 6) is 0. The molecule has 0 saturated heterocycles. The molecule has 0 bridgehead atoms. The molecule has 0 N–H and O–H groups in total. The quantitative estimate of drug-likeness (QED) is 0.483. The molecule has 0 heterocycles. The Morgan fingerprint density at radius 2 is 1.50 bits per heavy atom. The molecule has 6 nitrogen and oxygen atoms in total. The molecular formula is C11H13BrN2O4. The highest BCUT2D eigenvalue weighted by molar-refractivity contribution is 9.08. The summed E-state index contributed by atoms with van der Waals surface area (Å²) >= 11 is 3.06. The number of halogens is 1. The van der Waals surface area contributed by atoms with E-state index in [2.05, 4.69) is 15.9 Å². The fourth-order valence-electron chi connectivity index (χ4n) is 1.54. The average Bonchev–Trinajstić information content (AvgIpc) is 2.25. The lowest BCUT2D eigenvalue weighted by Crippen LogP contribution is -2.13. The molecule has 18 heavy (non-hydrogen) atoms. The van der Waals surface area contributed by atoms with E-state index in [0.717, 1.165) is 0 Å². The summed E-state index contributed by atoms with van der Waals surface area (Å²) in [6, 6.07) is 2.81. The number of nitrogens with zero attached hydrogens (tertiary/aromatic N) is 2. The average molecular weight is 317 g/mol. The van der Waals surface area contributed by atoms with Gasteiger partial charge in [-0.15, -0.1) is 0 Å². The fraction of sp³-hybridized carbons (Fsp3) is 0.455. The minimum atomic E-state index is -0.584. The summed E-state index contributed by atoms with van der Waals surface area (Å²) in [5, 5.41) is 22.1. The number of hydrogen-bond donors (Lipinski definition) is 0. The van der Waals surface area contributed by atoms with Crippen molar-refractivity contribution >= 4 is 27.3 Å². The zero-order valence-corrected chi connectivity index (χ0v) is 11.9. The second-order valence-electron chi connectivity index (χ2n) is 4.89. The van der Waals surface area contributed by atoms with Crippen LogP contribution in [0.3, 0.4) is 0 Å². The smallest absolute Gasteiger partial charge is 0.258 e. The molecule has 1 aromatic carbocycles. The maximum atomic E-state index is 11.0. The summed E-state index contributed by atoms with van der Waals surface area (Å²) < 4.78 is 0. The SMILES string of the molecule is CC(C)(C)c1cc([N+](=O)[O-])c(CBr)c([N+](=O)[O-])c1. The molecule has 0 atom stereocenters. The van der Waals surface area contributed by atoms with Crippen LogP contribution >= 0.6 is 15.9 Å². The van der Waals surface area contributed by atoms with Crippen LogP contribution in [0.25, 0.3) is 0 Å². The summed E-state index contributed by atoms with van der Waals surface area (Å²) in [5.41, 5.74) is -0.152. The van der Waals surface area contributed by atoms with Crippen molar-refractivity contribution in [3.8, 4) is 0 Å². The van der Waals surface area contributed by atoms with Crippen molar-refractivity contribution in [2.75, 3.05) is 0 Å². The summed E-state index contributed by atoms with van der Waals surface area (Å²) in [4.78, 5) is 20.8. The van der Waals surface area contributed by atoms with E-state index in [-0.39, 0.29) is 27.7 Å². The van der Waals surface area contributed by atoms with E-state index < -0.39 is 9.85 Å². The van der Waals surface area contributed by atoms with Crippen LogP contribution in [0, 0.1) is 20.2 Å². The first-order chi connectivity index (χ1) is 8.18. The summed E-state index contributed by atoms with van der Waals surface area (Å²) in [6.45, 7) is 5.55. The number of benzene rings is 1. The van der Waals surface area contributed by atoms with Gasteiger partial charge in [0.25, 0.3) is 11.4 Å². The lowest BCUT2D eigenvalue weighted by atomic mass is 9.85. The Morgan fingerprint density at radius 3 is 1.72 bits per heavy atom. The molecule has 0 aliphatic carbocycles. The van der Waals surface area contributed by atoms with Gasteiger partial charge in [0.2, 0.25) is 0 Å². The first-order valence-corrected chi connectivity index (χ1v) is 6.32. The van der Waals surface area contributed by atoms with Crippen molar-refractivity contribution < 1.29 is 9.85 Å². The maximum Gasteiger partial charge on any atom is 0.280 e. The molecule has 1 aromatic rings. The van der Waals surface area contributed by atoms with E-state index in [0.29, 0.717) is 5.56 Å². The zero-order valence-electron chi connectivity index (χ0n) is 10.3. The second-order valence-corrected chi connectivity index (χ2v) is 5.45. The van der Waals surface area contributed by atoms with Gasteiger partial charge in [-0.05, 0) is 11.0 Å². The predicted octanol–water partition coefficient (Wildman–Crippen LogP) is 3.70. The minimum Gasteiger partial charge on any atom is -0.258 e. The van der Waals surface area contributed by atoms with Gasteiger partial charge in [0.15, 0.2) is 0 Å². The number of nitro groups is 2. The molecule has 0 saturated carbocycles. The largest absolute Gasteiger partial charge is 0.280 e. The van der Waals surface area contributed by atoms with Crippen LogP contribution < -0.4 is 0 Å². The van der Waals surface area contributed by atoms with Crippen LogP contribution in [-0.4, -0.2) is 9.85 Å². The third-order valence-electron chi connectivity index (χ3n) is 2.60. The molecule has 1 rings (SSSR count). The Morgan fingerprint density at radius 1 is 1.11 bits per heavy atom. The third-order valence-corrected chi connectivity index (χ3v) is 3.16. The van der Waals surface area contributed by atoms with Gasteiger partial charge in [-0.25, -0.2) is 0 Å². The van der Waals surface area contributed by atoms with Gasteiger partial charge in [-0.3, -0.25) is 20.2 Å². The predicted molar refractivity (Wildman–Crippen MR) is 71.1 cm³/mol. The molecule has 0 aromatic heterocycles. The molecule has 7 heteroatoms. The van der Waals surface area contributed by atoms with Crippen molar-refractivity contribution in [3.05, 3.63) is 43.5 Å². The highest BCUT2D eigenvalue weighted by Crippen LogP contribution is 2.36. The molecule has 0 radical (unpaired) electrons. The van der Waals surface area contributed by atoms with Gasteiger partial charge in [0.05, 0.1) is 9.85 Å². The molecule has 0 fully saturated rings. The molecule has 0 aliphatic rings. The molecule has 0 amide bonds. The highest BCUT2D eigenvalue weighted by Gasteiger charge is 2.28. The van der Waals surface area contributed by atoms with E-state index in [1.165, 1.54) is 12.1 Å². The van der Waals surface area contributed by atoms with Gasteiger partial charge in [-0.2, -0.15) is 0 Å². The number of rotatable bonds is 3. The van der Waals surface area contributed by atoms with Crippen LogP contribution in [0.5, 0.6) is 0 Å². The second kappa shape index (κ2) is 5.01. The number of hydrogen-bond acceptors (Lipinski definition) is 4. The van der Waals surface area contributed by atoms with Crippen LogP contribution in [0.1, 0.15) is 31.9 Å². The minimum absolute atomic E-state index is 0.0735. The lowest BCUT2D eigenvalue weighted by Gasteiger charge is -2.19. The fourth-order valence-corrected chi connectivity index (χ4v) is 2.11. The molecule has 0 unspecified atom stereocenters. The Balaban J connectivity index is 3.65. The Labute approximate surface area is 112 Å². The van der Waals surface area contributed by atoms with Crippen LogP contribution in [0.15, 0.2) is 12.1 Å². The summed E-state index contributed by atoms with van der Waals surface area (Å²) in [7, 11) is 0. The van der Waals surface area contributed by atoms with Crippen LogP contribution in [0.4, 0.5) is 11.4 Å². The molecular weight excluding hydrogens is 304 g/mol. The molecule has 98 valence electrons. The Kier molecular flexibility index (Phi) is 4.05. The topological polar surface area (TPSA) is 86.3 Å². The highest BCUT2D eigenvalue weighted by atomic mass is 79.9. The van der Waals surface area contributed by atoms with Crippen molar-refractivity contribution in [2.45, 2.75) is 31.5 Å². The van der Waals surface area contributed by atoms with Gasteiger partial charge >= 0.3 is 0 Å². The summed E-state index contributed by atoms with van der Waals surface area (Å²) in [6.07, 6.45) is 0. The van der Waals surface area contributed by atoms with Crippen molar-refractivity contribution in [3.63, 3.8) is 0 Å². The Bertz CT molecular complexity index is 473. The zero-order chi connectivity index (χ0) is 14.1.